The first kappa shape index (κ1) is 15.3. The number of nitrogens with one attached hydrogen (secondary N) is 1. The lowest BCUT2D eigenvalue weighted by Crippen LogP contribution is -2.27. The summed E-state index contributed by atoms with van der Waals surface area (Å²) in [5, 5.41) is 7.50. The highest BCUT2D eigenvalue weighted by molar-refractivity contribution is 6.33. The lowest BCUT2D eigenvalue weighted by atomic mass is 10.2. The minimum Gasteiger partial charge on any atom is -0.370 e. The highest BCUT2D eigenvalue weighted by atomic mass is 35.5. The van der Waals surface area contributed by atoms with Crippen LogP contribution in [0.15, 0.2) is 24.5 Å². The van der Waals surface area contributed by atoms with E-state index >= 15 is 0 Å². The fourth-order valence-corrected chi connectivity index (χ4v) is 2.14. The van der Waals surface area contributed by atoms with Crippen molar-refractivity contribution in [2.75, 3.05) is 18.9 Å². The molecule has 2 rings (SSSR count). The van der Waals surface area contributed by atoms with E-state index in [1.54, 1.807) is 35.0 Å². The van der Waals surface area contributed by atoms with Gasteiger partial charge in [-0.25, -0.2) is 4.98 Å². The molecule has 112 valence electrons. The first-order valence-electron chi connectivity index (χ1n) is 6.64. The van der Waals surface area contributed by atoms with E-state index < -0.39 is 0 Å². The molecule has 0 bridgehead atoms. The van der Waals surface area contributed by atoms with Crippen molar-refractivity contribution in [1.82, 2.24) is 19.7 Å². The first-order valence-corrected chi connectivity index (χ1v) is 7.02. The van der Waals surface area contributed by atoms with Gasteiger partial charge in [-0.1, -0.05) is 11.6 Å². The molecule has 2 aromatic heterocycles. The molecule has 6 nitrogen and oxygen atoms in total. The van der Waals surface area contributed by atoms with Gasteiger partial charge in [-0.05, 0) is 19.1 Å². The molecule has 0 atom stereocenters. The van der Waals surface area contributed by atoms with Crippen molar-refractivity contribution in [2.24, 2.45) is 7.05 Å². The van der Waals surface area contributed by atoms with E-state index in [1.807, 2.05) is 20.2 Å². The third kappa shape index (κ3) is 3.72. The summed E-state index contributed by atoms with van der Waals surface area (Å²) in [7, 11) is 3.55. The average Bonchev–Trinajstić information content (AvgIpc) is 2.85. The molecule has 0 aromatic carbocycles. The largest absolute Gasteiger partial charge is 0.370 e. The zero-order chi connectivity index (χ0) is 15.4. The molecule has 21 heavy (non-hydrogen) atoms. The molecule has 0 aliphatic heterocycles. The van der Waals surface area contributed by atoms with Gasteiger partial charge in [0.25, 0.3) is 5.91 Å². The number of hydrogen-bond acceptors (Lipinski definition) is 4. The Morgan fingerprint density at radius 3 is 2.86 bits per heavy atom. The lowest BCUT2D eigenvalue weighted by Gasteiger charge is -2.17. The van der Waals surface area contributed by atoms with E-state index in [1.165, 1.54) is 0 Å². The Labute approximate surface area is 128 Å². The number of anilines is 1. The molecule has 0 radical (unpaired) electrons. The SMILES string of the molecule is CCNc1ccc(Cl)c(C(=O)N(C)Cc2cnn(C)c2)n1. The van der Waals surface area contributed by atoms with Gasteiger partial charge in [0.1, 0.15) is 11.5 Å². The highest BCUT2D eigenvalue weighted by Crippen LogP contribution is 2.18. The Balaban J connectivity index is 2.16. The van der Waals surface area contributed by atoms with Crippen LogP contribution in [0.25, 0.3) is 0 Å². The average molecular weight is 308 g/mol. The molecular weight excluding hydrogens is 290 g/mol. The fourth-order valence-electron chi connectivity index (χ4n) is 1.95. The van der Waals surface area contributed by atoms with Crippen LogP contribution in [-0.4, -0.2) is 39.2 Å². The van der Waals surface area contributed by atoms with Crippen molar-refractivity contribution < 1.29 is 4.79 Å². The van der Waals surface area contributed by atoms with Crippen molar-refractivity contribution in [1.29, 1.82) is 0 Å². The monoisotopic (exact) mass is 307 g/mol. The van der Waals surface area contributed by atoms with Gasteiger partial charge in [0, 0.05) is 38.9 Å². The number of amides is 1. The van der Waals surface area contributed by atoms with Crippen LogP contribution < -0.4 is 5.32 Å². The zero-order valence-electron chi connectivity index (χ0n) is 12.3. The van der Waals surface area contributed by atoms with E-state index in [0.29, 0.717) is 17.4 Å². The molecule has 2 heterocycles. The van der Waals surface area contributed by atoms with Crippen molar-refractivity contribution in [2.45, 2.75) is 13.5 Å². The molecule has 0 aliphatic carbocycles. The van der Waals surface area contributed by atoms with Crippen LogP contribution in [0.4, 0.5) is 5.82 Å². The molecule has 1 amide bonds. The van der Waals surface area contributed by atoms with Crippen LogP contribution in [0.2, 0.25) is 5.02 Å². The van der Waals surface area contributed by atoms with Crippen LogP contribution >= 0.6 is 11.6 Å². The minimum absolute atomic E-state index is 0.219. The Bertz CT molecular complexity index is 640. The van der Waals surface area contributed by atoms with Gasteiger partial charge < -0.3 is 10.2 Å². The molecule has 0 aliphatic rings. The second-order valence-electron chi connectivity index (χ2n) is 4.74. The van der Waals surface area contributed by atoms with Crippen molar-refractivity contribution >= 4 is 23.3 Å². The number of aromatic nitrogens is 3. The normalized spacial score (nSPS) is 10.5. The number of nitrogens with zero attached hydrogens (tertiary/aromatic N) is 4. The zero-order valence-corrected chi connectivity index (χ0v) is 13.1. The molecular formula is C14H18ClN5O. The molecule has 7 heteroatoms. The number of hydrogen-bond donors (Lipinski definition) is 1. The summed E-state index contributed by atoms with van der Waals surface area (Å²) in [6.45, 7) is 3.15. The molecule has 0 fully saturated rings. The maximum absolute atomic E-state index is 12.5. The summed E-state index contributed by atoms with van der Waals surface area (Å²) in [4.78, 5) is 18.3. The summed E-state index contributed by atoms with van der Waals surface area (Å²) in [5.74, 6) is 0.420. The lowest BCUT2D eigenvalue weighted by molar-refractivity contribution is 0.0779. The van der Waals surface area contributed by atoms with Crippen LogP contribution in [0.1, 0.15) is 23.0 Å². The number of rotatable bonds is 5. The Hall–Kier alpha value is -2.08. The first-order chi connectivity index (χ1) is 10.0. The van der Waals surface area contributed by atoms with Gasteiger partial charge in [0.05, 0.1) is 11.2 Å². The number of carbonyl (C=O) groups is 1. The van der Waals surface area contributed by atoms with E-state index in [9.17, 15) is 4.79 Å². The molecule has 0 saturated carbocycles. The Morgan fingerprint density at radius 1 is 1.48 bits per heavy atom. The summed E-state index contributed by atoms with van der Waals surface area (Å²) < 4.78 is 1.70. The fraction of sp³-hybridized carbons (Fsp3) is 0.357. The number of aryl methyl sites for hydroxylation is 1. The smallest absolute Gasteiger partial charge is 0.274 e. The predicted octanol–water partition coefficient (Wildman–Crippen LogP) is 2.17. The summed E-state index contributed by atoms with van der Waals surface area (Å²) in [5.41, 5.74) is 1.20. The molecule has 2 aromatic rings. The summed E-state index contributed by atoms with van der Waals surface area (Å²) in [6, 6.07) is 3.43. The third-order valence-electron chi connectivity index (χ3n) is 2.93. The quantitative estimate of drug-likeness (QED) is 0.919. The van der Waals surface area contributed by atoms with E-state index in [4.69, 9.17) is 11.6 Å². The number of pyridine rings is 1. The highest BCUT2D eigenvalue weighted by Gasteiger charge is 2.18. The standard InChI is InChI=1S/C14H18ClN5O/c1-4-16-12-6-5-11(15)13(18-12)14(21)19(2)8-10-7-17-20(3)9-10/h5-7,9H,4,8H2,1-3H3,(H,16,18). The van der Waals surface area contributed by atoms with Crippen LogP contribution in [0.3, 0.4) is 0 Å². The molecule has 1 N–H and O–H groups in total. The van der Waals surface area contributed by atoms with Crippen LogP contribution in [0.5, 0.6) is 0 Å². The third-order valence-corrected chi connectivity index (χ3v) is 3.24. The number of halogens is 1. The van der Waals surface area contributed by atoms with Crippen LogP contribution in [-0.2, 0) is 13.6 Å². The van der Waals surface area contributed by atoms with Gasteiger partial charge in [-0.15, -0.1) is 0 Å². The molecule has 0 spiro atoms. The van der Waals surface area contributed by atoms with E-state index in [0.717, 1.165) is 12.1 Å². The second kappa shape index (κ2) is 6.58. The van der Waals surface area contributed by atoms with E-state index in [2.05, 4.69) is 15.4 Å². The summed E-state index contributed by atoms with van der Waals surface area (Å²) >= 11 is 6.09. The van der Waals surface area contributed by atoms with Gasteiger partial charge in [0.15, 0.2) is 0 Å². The Kier molecular flexibility index (Phi) is 4.80. The molecule has 0 unspecified atom stereocenters. The van der Waals surface area contributed by atoms with Gasteiger partial charge in [-0.2, -0.15) is 5.10 Å². The van der Waals surface area contributed by atoms with Crippen molar-refractivity contribution in [3.05, 3.63) is 40.8 Å². The minimum atomic E-state index is -0.219. The van der Waals surface area contributed by atoms with Crippen molar-refractivity contribution in [3.63, 3.8) is 0 Å². The summed E-state index contributed by atoms with van der Waals surface area (Å²) in [6.07, 6.45) is 3.60. The maximum Gasteiger partial charge on any atom is 0.274 e. The van der Waals surface area contributed by atoms with Gasteiger partial charge in [-0.3, -0.25) is 9.48 Å². The number of carbonyl (C=O) groups excluding carboxylic acids is 1. The maximum atomic E-state index is 12.5. The van der Waals surface area contributed by atoms with Gasteiger partial charge >= 0.3 is 0 Å². The molecule has 0 saturated heterocycles. The van der Waals surface area contributed by atoms with Crippen LogP contribution in [0, 0.1) is 0 Å². The van der Waals surface area contributed by atoms with Gasteiger partial charge in [0.2, 0.25) is 0 Å². The van der Waals surface area contributed by atoms with E-state index in [-0.39, 0.29) is 11.6 Å². The Morgan fingerprint density at radius 2 is 2.24 bits per heavy atom. The van der Waals surface area contributed by atoms with Crippen molar-refractivity contribution in [3.8, 4) is 0 Å². The predicted molar refractivity (Wildman–Crippen MR) is 82.4 cm³/mol. The topological polar surface area (TPSA) is 63.1 Å². The second-order valence-corrected chi connectivity index (χ2v) is 5.15.